The van der Waals surface area contributed by atoms with Gasteiger partial charge in [0.2, 0.25) is 0 Å². The average Bonchev–Trinajstić information content (AvgIpc) is 2.89. The zero-order chi connectivity index (χ0) is 17.5. The van der Waals surface area contributed by atoms with Crippen molar-refractivity contribution >= 4 is 26.8 Å². The van der Waals surface area contributed by atoms with Gasteiger partial charge in [-0.25, -0.2) is 0 Å². The standard InChI is InChI=1S/C18H36NSi.CH3.2ClH.Ti/c1-6-7-14-20(5,19-18(2,3)4)17-13-12-15-10-8-9-11-16(15)17;;;;/h15-17H,6-14H2,1-5H3;1H3;2*1H;/q2*-1;;;+2/p-2. The first-order chi connectivity index (χ1) is 10.8. The Hall–Kier alpha value is 1.47. The first-order valence-electron chi connectivity index (χ1n) is 9.47. The molecule has 0 aromatic carbocycles. The van der Waals surface area contributed by atoms with E-state index >= 15 is 0 Å². The zero-order valence-corrected chi connectivity index (χ0v) is 20.9. The molecule has 0 aromatic heterocycles. The van der Waals surface area contributed by atoms with Crippen LogP contribution in [0.2, 0.25) is 18.1 Å². The van der Waals surface area contributed by atoms with Gasteiger partial charge in [0, 0.05) is 0 Å². The average molecular weight is 428 g/mol. The molecule has 2 aliphatic rings. The maximum absolute atomic E-state index is 5.49. The van der Waals surface area contributed by atoms with Crippen LogP contribution in [0.5, 0.6) is 0 Å². The molecule has 0 heterocycles. The molecule has 0 aliphatic heterocycles. The summed E-state index contributed by atoms with van der Waals surface area (Å²) in [5, 5.41) is 0. The fourth-order valence-corrected chi connectivity index (χ4v) is 10.5. The molecular weight excluding hydrogens is 389 g/mol. The summed E-state index contributed by atoms with van der Waals surface area (Å²) >= 11 is -0.556. The van der Waals surface area contributed by atoms with Gasteiger partial charge in [-0.2, -0.15) is 0 Å². The van der Waals surface area contributed by atoms with Crippen LogP contribution in [-0.2, 0) is 17.0 Å². The molecule has 24 heavy (non-hydrogen) atoms. The number of fused-ring (bicyclic) bond motifs is 1. The van der Waals surface area contributed by atoms with Crippen molar-refractivity contribution in [2.45, 2.75) is 103 Å². The quantitative estimate of drug-likeness (QED) is 0.309. The van der Waals surface area contributed by atoms with Gasteiger partial charge >= 0.3 is 35.6 Å². The summed E-state index contributed by atoms with van der Waals surface area (Å²) in [7, 11) is 8.32. The molecule has 0 saturated heterocycles. The van der Waals surface area contributed by atoms with Crippen molar-refractivity contribution in [3.8, 4) is 0 Å². The van der Waals surface area contributed by atoms with E-state index in [4.69, 9.17) is 23.6 Å². The molecular formula is C19H39Cl2NSiTi-2. The summed E-state index contributed by atoms with van der Waals surface area (Å²) in [6.45, 7) is 11.9. The Bertz CT molecular complexity index is 338. The molecule has 4 unspecified atom stereocenters. The number of hydrogen-bond donors (Lipinski definition) is 0. The molecule has 0 radical (unpaired) electrons. The fourth-order valence-electron chi connectivity index (χ4n) is 5.13. The van der Waals surface area contributed by atoms with Crippen molar-refractivity contribution in [1.82, 2.24) is 0 Å². The third kappa shape index (κ3) is 8.01. The molecule has 4 atom stereocenters. The van der Waals surface area contributed by atoms with E-state index in [0.717, 1.165) is 17.4 Å². The Morgan fingerprint density at radius 1 is 1.08 bits per heavy atom. The van der Waals surface area contributed by atoms with Crippen molar-refractivity contribution in [2.75, 3.05) is 0 Å². The van der Waals surface area contributed by atoms with Crippen LogP contribution in [0.15, 0.2) is 0 Å². The molecule has 0 amide bonds. The van der Waals surface area contributed by atoms with Gasteiger partial charge < -0.3 is 12.4 Å². The van der Waals surface area contributed by atoms with E-state index in [0.29, 0.717) is 0 Å². The van der Waals surface area contributed by atoms with E-state index in [1.54, 1.807) is 0 Å². The van der Waals surface area contributed by atoms with Crippen molar-refractivity contribution in [3.05, 3.63) is 12.4 Å². The van der Waals surface area contributed by atoms with E-state index in [9.17, 15) is 0 Å². The summed E-state index contributed by atoms with van der Waals surface area (Å²) in [6.07, 6.45) is 11.8. The summed E-state index contributed by atoms with van der Waals surface area (Å²) < 4.78 is 0. The van der Waals surface area contributed by atoms with Gasteiger partial charge in [0.25, 0.3) is 0 Å². The molecule has 5 heteroatoms. The SMILES string of the molecule is CCCC[Si](C)([N-]C(C)(C)C)C1CCC2CCCCC21.[CH3-].[Cl][Ti][Cl]. The number of rotatable bonds is 5. The Kier molecular flexibility index (Phi) is 12.8. The monoisotopic (exact) mass is 427 g/mol. The first-order valence-corrected chi connectivity index (χ1v) is 16.5. The second kappa shape index (κ2) is 12.0. The predicted molar refractivity (Wildman–Crippen MR) is 111 cm³/mol. The first kappa shape index (κ1) is 25.5. The molecule has 2 rings (SSSR count). The van der Waals surface area contributed by atoms with Crippen molar-refractivity contribution in [3.63, 3.8) is 0 Å². The molecule has 2 saturated carbocycles. The van der Waals surface area contributed by atoms with Crippen LogP contribution in [0, 0.1) is 19.3 Å². The molecule has 2 aliphatic carbocycles. The topological polar surface area (TPSA) is 14.1 Å². The van der Waals surface area contributed by atoms with E-state index in [-0.39, 0.29) is 13.0 Å². The summed E-state index contributed by atoms with van der Waals surface area (Å²) in [5.41, 5.74) is 1.17. The minimum atomic E-state index is -1.46. The molecule has 2 fully saturated rings. The Balaban J connectivity index is 0.00000123. The van der Waals surface area contributed by atoms with E-state index < -0.39 is 25.3 Å². The van der Waals surface area contributed by atoms with Crippen LogP contribution in [0.3, 0.4) is 0 Å². The third-order valence-electron chi connectivity index (χ3n) is 5.76. The summed E-state index contributed by atoms with van der Waals surface area (Å²) in [6, 6.07) is 1.44. The molecule has 0 spiro atoms. The van der Waals surface area contributed by atoms with Crippen molar-refractivity contribution in [1.29, 1.82) is 0 Å². The van der Waals surface area contributed by atoms with E-state index in [2.05, 4.69) is 34.2 Å². The minimum absolute atomic E-state index is 0. The Labute approximate surface area is 170 Å². The molecule has 0 bridgehead atoms. The van der Waals surface area contributed by atoms with E-state index in [1.165, 1.54) is 57.4 Å². The van der Waals surface area contributed by atoms with Crippen LogP contribution < -0.4 is 0 Å². The van der Waals surface area contributed by atoms with Gasteiger partial charge in [-0.15, -0.1) is 5.54 Å². The number of halogens is 2. The fraction of sp³-hybridized carbons (Fsp3) is 0.947. The van der Waals surface area contributed by atoms with Crippen LogP contribution in [0.4, 0.5) is 0 Å². The molecule has 1 nitrogen and oxygen atoms in total. The second-order valence-corrected chi connectivity index (χ2v) is 15.5. The van der Waals surface area contributed by atoms with Crippen LogP contribution in [0.25, 0.3) is 4.98 Å². The molecule has 0 aromatic rings. The van der Waals surface area contributed by atoms with Crippen molar-refractivity contribution < 1.29 is 17.0 Å². The van der Waals surface area contributed by atoms with Gasteiger partial charge in [0.1, 0.15) is 0 Å². The summed E-state index contributed by atoms with van der Waals surface area (Å²) in [4.78, 5) is 5.49. The number of unbranched alkanes of at least 4 members (excludes halogenated alkanes) is 1. The van der Waals surface area contributed by atoms with Gasteiger partial charge in [-0.1, -0.05) is 105 Å². The van der Waals surface area contributed by atoms with Gasteiger partial charge in [0.05, 0.1) is 0 Å². The van der Waals surface area contributed by atoms with Gasteiger partial charge in [-0.05, 0) is 11.8 Å². The second-order valence-electron chi connectivity index (χ2n) is 8.71. The number of nitrogens with zero attached hydrogens (tertiary/aromatic N) is 1. The van der Waals surface area contributed by atoms with Gasteiger partial charge in [-0.3, -0.25) is 0 Å². The third-order valence-corrected chi connectivity index (χ3v) is 10.6. The Morgan fingerprint density at radius 2 is 1.67 bits per heavy atom. The normalized spacial score (nSPS) is 28.7. The van der Waals surface area contributed by atoms with Crippen LogP contribution >= 0.6 is 18.6 Å². The molecule has 144 valence electrons. The van der Waals surface area contributed by atoms with Gasteiger partial charge in [0.15, 0.2) is 0 Å². The Morgan fingerprint density at radius 3 is 2.21 bits per heavy atom. The van der Waals surface area contributed by atoms with E-state index in [1.807, 2.05) is 0 Å². The van der Waals surface area contributed by atoms with Crippen molar-refractivity contribution in [2.24, 2.45) is 11.8 Å². The zero-order valence-electron chi connectivity index (χ0n) is 16.8. The van der Waals surface area contributed by atoms with Crippen LogP contribution in [-0.4, -0.2) is 13.8 Å². The number of hydrogen-bond acceptors (Lipinski definition) is 0. The summed E-state index contributed by atoms with van der Waals surface area (Å²) in [5.74, 6) is 2.11. The molecule has 0 N–H and O–H groups in total. The predicted octanol–water partition coefficient (Wildman–Crippen LogP) is 8.33. The van der Waals surface area contributed by atoms with Crippen LogP contribution in [0.1, 0.15) is 79.1 Å². The maximum atomic E-state index is 5.49.